The van der Waals surface area contributed by atoms with E-state index in [4.69, 9.17) is 5.11 Å². The fourth-order valence-electron chi connectivity index (χ4n) is 1.51. The monoisotopic (exact) mass is 253 g/mol. The van der Waals surface area contributed by atoms with Crippen molar-refractivity contribution in [2.75, 3.05) is 0 Å². The van der Waals surface area contributed by atoms with Crippen molar-refractivity contribution in [2.45, 2.75) is 40.2 Å². The molecule has 0 aliphatic rings. The fourth-order valence-corrected chi connectivity index (χ4v) is 1.51. The Morgan fingerprint density at radius 2 is 2.11 bits per heavy atom. The molecule has 1 atom stereocenters. The highest BCUT2D eigenvalue weighted by molar-refractivity contribution is 5.92. The van der Waals surface area contributed by atoms with Gasteiger partial charge >= 0.3 is 5.97 Å². The number of carboxylic acids is 1. The number of carbonyl (C=O) groups is 2. The molecule has 6 nitrogen and oxygen atoms in total. The minimum absolute atomic E-state index is 0.112. The second-order valence-corrected chi connectivity index (χ2v) is 5.43. The first-order valence-electron chi connectivity index (χ1n) is 5.75. The number of aliphatic carboxylic acids is 1. The van der Waals surface area contributed by atoms with Crippen LogP contribution < -0.4 is 5.32 Å². The number of carbonyl (C=O) groups excluding carboxylic acids is 1. The van der Waals surface area contributed by atoms with Crippen molar-refractivity contribution in [3.8, 4) is 0 Å². The van der Waals surface area contributed by atoms with E-state index in [1.807, 2.05) is 20.8 Å². The van der Waals surface area contributed by atoms with Crippen LogP contribution in [0.25, 0.3) is 0 Å². The number of rotatable bonds is 4. The number of aryl methyl sites for hydroxylation is 1. The summed E-state index contributed by atoms with van der Waals surface area (Å²) in [7, 11) is 0. The Bertz CT molecular complexity index is 446. The number of hydrogen-bond acceptors (Lipinski definition) is 3. The van der Waals surface area contributed by atoms with Crippen molar-refractivity contribution >= 4 is 11.9 Å². The number of aromatic amines is 1. The van der Waals surface area contributed by atoms with Crippen LogP contribution >= 0.6 is 0 Å². The molecule has 18 heavy (non-hydrogen) atoms. The van der Waals surface area contributed by atoms with Crippen molar-refractivity contribution in [3.05, 3.63) is 17.5 Å². The molecule has 0 bridgehead atoms. The molecule has 6 heteroatoms. The van der Waals surface area contributed by atoms with Crippen molar-refractivity contribution in [2.24, 2.45) is 5.41 Å². The Morgan fingerprint density at radius 1 is 1.50 bits per heavy atom. The third-order valence-electron chi connectivity index (χ3n) is 2.67. The lowest BCUT2D eigenvalue weighted by Crippen LogP contribution is -2.45. The van der Waals surface area contributed by atoms with Crippen LogP contribution in [0.2, 0.25) is 0 Å². The first-order valence-corrected chi connectivity index (χ1v) is 5.75. The topological polar surface area (TPSA) is 95.1 Å². The van der Waals surface area contributed by atoms with E-state index in [9.17, 15) is 9.59 Å². The van der Waals surface area contributed by atoms with Crippen LogP contribution in [0.4, 0.5) is 0 Å². The Morgan fingerprint density at radius 3 is 2.50 bits per heavy atom. The molecule has 1 aromatic heterocycles. The standard InChI is InChI=1S/C12H19N3O3/c1-7-5-8(15-14-7)11(18)13-9(6-10(16)17)12(2,3)4/h5,9H,6H2,1-4H3,(H,13,18)(H,14,15)(H,16,17). The smallest absolute Gasteiger partial charge is 0.305 e. The van der Waals surface area contributed by atoms with E-state index in [2.05, 4.69) is 15.5 Å². The van der Waals surface area contributed by atoms with Gasteiger partial charge in [-0.3, -0.25) is 14.7 Å². The summed E-state index contributed by atoms with van der Waals surface area (Å²) in [6.45, 7) is 7.45. The first-order chi connectivity index (χ1) is 8.20. The average Bonchev–Trinajstić information content (AvgIpc) is 2.61. The molecule has 1 amide bonds. The maximum atomic E-state index is 11.9. The van der Waals surface area contributed by atoms with Gasteiger partial charge in [-0.15, -0.1) is 0 Å². The highest BCUT2D eigenvalue weighted by Gasteiger charge is 2.29. The van der Waals surface area contributed by atoms with Gasteiger partial charge in [-0.1, -0.05) is 20.8 Å². The molecule has 1 rings (SSSR count). The van der Waals surface area contributed by atoms with Gasteiger partial charge in [-0.25, -0.2) is 0 Å². The number of carboxylic acid groups (broad SMARTS) is 1. The second-order valence-electron chi connectivity index (χ2n) is 5.43. The summed E-state index contributed by atoms with van der Waals surface area (Å²) in [4.78, 5) is 22.7. The predicted octanol–water partition coefficient (Wildman–Crippen LogP) is 1.34. The van der Waals surface area contributed by atoms with Crippen LogP contribution in [-0.2, 0) is 4.79 Å². The van der Waals surface area contributed by atoms with Gasteiger partial charge in [0.05, 0.1) is 6.42 Å². The van der Waals surface area contributed by atoms with E-state index in [1.54, 1.807) is 13.0 Å². The summed E-state index contributed by atoms with van der Waals surface area (Å²) in [6.07, 6.45) is -0.112. The van der Waals surface area contributed by atoms with Crippen molar-refractivity contribution < 1.29 is 14.7 Å². The Balaban J connectivity index is 2.78. The van der Waals surface area contributed by atoms with Crippen LogP contribution in [0.3, 0.4) is 0 Å². The van der Waals surface area contributed by atoms with Crippen molar-refractivity contribution in [3.63, 3.8) is 0 Å². The largest absolute Gasteiger partial charge is 0.481 e. The van der Waals surface area contributed by atoms with Gasteiger partial charge in [0, 0.05) is 11.7 Å². The summed E-state index contributed by atoms with van der Waals surface area (Å²) < 4.78 is 0. The number of hydrogen-bond donors (Lipinski definition) is 3. The fraction of sp³-hybridized carbons (Fsp3) is 0.583. The number of amides is 1. The van der Waals surface area contributed by atoms with Gasteiger partial charge in [-0.05, 0) is 18.4 Å². The molecule has 0 radical (unpaired) electrons. The van der Waals surface area contributed by atoms with E-state index >= 15 is 0 Å². The van der Waals surface area contributed by atoms with Crippen LogP contribution in [0.1, 0.15) is 43.4 Å². The highest BCUT2D eigenvalue weighted by Crippen LogP contribution is 2.22. The van der Waals surface area contributed by atoms with Gasteiger partial charge < -0.3 is 10.4 Å². The van der Waals surface area contributed by atoms with Crippen LogP contribution in [0.15, 0.2) is 6.07 Å². The average molecular weight is 253 g/mol. The molecule has 0 fully saturated rings. The summed E-state index contributed by atoms with van der Waals surface area (Å²) in [6, 6.07) is 1.18. The Hall–Kier alpha value is -1.85. The zero-order chi connectivity index (χ0) is 13.9. The van der Waals surface area contributed by atoms with Gasteiger partial charge in [0.25, 0.3) is 5.91 Å². The molecule has 0 spiro atoms. The minimum Gasteiger partial charge on any atom is -0.481 e. The number of aromatic nitrogens is 2. The van der Waals surface area contributed by atoms with Crippen LogP contribution in [0.5, 0.6) is 0 Å². The van der Waals surface area contributed by atoms with Gasteiger partial charge in [-0.2, -0.15) is 5.10 Å². The quantitative estimate of drug-likeness (QED) is 0.754. The lowest BCUT2D eigenvalue weighted by Gasteiger charge is -2.30. The molecular weight excluding hydrogens is 234 g/mol. The Kier molecular flexibility index (Phi) is 4.11. The normalized spacial score (nSPS) is 13.1. The predicted molar refractivity (Wildman–Crippen MR) is 66.3 cm³/mol. The van der Waals surface area contributed by atoms with Crippen LogP contribution in [-0.4, -0.2) is 33.2 Å². The molecule has 0 aromatic carbocycles. The zero-order valence-corrected chi connectivity index (χ0v) is 11.1. The maximum absolute atomic E-state index is 11.9. The maximum Gasteiger partial charge on any atom is 0.305 e. The lowest BCUT2D eigenvalue weighted by molar-refractivity contribution is -0.138. The second kappa shape index (κ2) is 5.20. The number of nitrogens with one attached hydrogen (secondary N) is 2. The summed E-state index contributed by atoms with van der Waals surface area (Å²) in [5.41, 5.74) is 0.720. The van der Waals surface area contributed by atoms with E-state index < -0.39 is 12.0 Å². The van der Waals surface area contributed by atoms with Crippen molar-refractivity contribution in [1.82, 2.24) is 15.5 Å². The third-order valence-corrected chi connectivity index (χ3v) is 2.67. The molecule has 1 unspecified atom stereocenters. The van der Waals surface area contributed by atoms with Crippen LogP contribution in [0, 0.1) is 12.3 Å². The van der Waals surface area contributed by atoms with Gasteiger partial charge in [0.1, 0.15) is 5.69 Å². The van der Waals surface area contributed by atoms with E-state index in [1.165, 1.54) is 0 Å². The van der Waals surface area contributed by atoms with E-state index in [0.29, 0.717) is 0 Å². The number of H-pyrrole nitrogens is 1. The number of nitrogens with zero attached hydrogens (tertiary/aromatic N) is 1. The third kappa shape index (κ3) is 3.87. The first kappa shape index (κ1) is 14.2. The van der Waals surface area contributed by atoms with E-state index in [0.717, 1.165) is 5.69 Å². The molecule has 0 saturated carbocycles. The molecule has 1 heterocycles. The summed E-state index contributed by atoms with van der Waals surface area (Å²) in [5.74, 6) is -1.30. The minimum atomic E-state index is -0.937. The molecule has 1 aromatic rings. The van der Waals surface area contributed by atoms with Crippen molar-refractivity contribution in [1.29, 1.82) is 0 Å². The highest BCUT2D eigenvalue weighted by atomic mass is 16.4. The van der Waals surface area contributed by atoms with Gasteiger partial charge in [0.2, 0.25) is 0 Å². The summed E-state index contributed by atoms with van der Waals surface area (Å²) in [5, 5.41) is 18.1. The van der Waals surface area contributed by atoms with E-state index in [-0.39, 0.29) is 23.4 Å². The molecule has 0 saturated heterocycles. The molecule has 0 aliphatic heterocycles. The molecule has 0 aliphatic carbocycles. The molecule has 3 N–H and O–H groups in total. The zero-order valence-electron chi connectivity index (χ0n) is 11.1. The lowest BCUT2D eigenvalue weighted by atomic mass is 9.84. The molecule has 100 valence electrons. The SMILES string of the molecule is Cc1cc(C(=O)NC(CC(=O)O)C(C)(C)C)n[nH]1. The Labute approximate surface area is 106 Å². The van der Waals surface area contributed by atoms with Gasteiger partial charge in [0.15, 0.2) is 0 Å². The molecular formula is C12H19N3O3. The summed E-state index contributed by atoms with van der Waals surface area (Å²) >= 11 is 0.